The number of carbonyl (C=O) groups is 3. The van der Waals surface area contributed by atoms with E-state index in [-0.39, 0.29) is 24.8 Å². The van der Waals surface area contributed by atoms with E-state index < -0.39 is 11.9 Å². The van der Waals surface area contributed by atoms with Gasteiger partial charge >= 0.3 is 0 Å². The van der Waals surface area contributed by atoms with E-state index in [1.807, 2.05) is 56.3 Å². The number of aryl methyl sites for hydroxylation is 2. The van der Waals surface area contributed by atoms with Crippen LogP contribution in [0.1, 0.15) is 39.0 Å². The minimum absolute atomic E-state index is 0.0949. The summed E-state index contributed by atoms with van der Waals surface area (Å²) >= 11 is 0. The third kappa shape index (κ3) is 4.53. The van der Waals surface area contributed by atoms with Crippen LogP contribution in [0.15, 0.2) is 72.8 Å². The zero-order chi connectivity index (χ0) is 23.5. The highest BCUT2D eigenvalue weighted by molar-refractivity contribution is 6.23. The SMILES string of the molecule is Cc1ccc(CN(C(=O)c2ccc(C)cc2)C2CC(=O)N(c3ccc(C#N)cc3)C2=O)cc1. The van der Waals surface area contributed by atoms with E-state index in [4.69, 9.17) is 5.26 Å². The smallest absolute Gasteiger partial charge is 0.257 e. The molecule has 3 amide bonds. The van der Waals surface area contributed by atoms with Crippen LogP contribution in [0.3, 0.4) is 0 Å². The molecule has 0 N–H and O–H groups in total. The summed E-state index contributed by atoms with van der Waals surface area (Å²) in [7, 11) is 0. The molecule has 1 aliphatic heterocycles. The van der Waals surface area contributed by atoms with Crippen molar-refractivity contribution in [1.82, 2.24) is 4.90 Å². The van der Waals surface area contributed by atoms with Gasteiger partial charge in [0.1, 0.15) is 6.04 Å². The van der Waals surface area contributed by atoms with Gasteiger partial charge in [0.15, 0.2) is 0 Å². The Morgan fingerprint density at radius 1 is 0.939 bits per heavy atom. The Bertz CT molecular complexity index is 1240. The van der Waals surface area contributed by atoms with Crippen molar-refractivity contribution >= 4 is 23.4 Å². The first-order valence-corrected chi connectivity index (χ1v) is 10.7. The van der Waals surface area contributed by atoms with Gasteiger partial charge in [0.25, 0.3) is 11.8 Å². The lowest BCUT2D eigenvalue weighted by atomic mass is 10.1. The van der Waals surface area contributed by atoms with E-state index >= 15 is 0 Å². The van der Waals surface area contributed by atoms with Crippen LogP contribution < -0.4 is 4.90 Å². The van der Waals surface area contributed by atoms with Crippen LogP contribution in [0, 0.1) is 25.2 Å². The maximum absolute atomic E-state index is 13.5. The van der Waals surface area contributed by atoms with Crippen LogP contribution in [0.4, 0.5) is 5.69 Å². The van der Waals surface area contributed by atoms with Crippen molar-refractivity contribution in [2.24, 2.45) is 0 Å². The average molecular weight is 437 g/mol. The predicted octanol–water partition coefficient (Wildman–Crippen LogP) is 4.15. The lowest BCUT2D eigenvalue weighted by Crippen LogP contribution is -2.45. The molecule has 0 aliphatic carbocycles. The minimum Gasteiger partial charge on any atom is -0.322 e. The topological polar surface area (TPSA) is 81.5 Å². The van der Waals surface area contributed by atoms with Crippen molar-refractivity contribution in [2.45, 2.75) is 32.9 Å². The molecule has 0 saturated carbocycles. The Labute approximate surface area is 192 Å². The number of carbonyl (C=O) groups excluding carboxylic acids is 3. The fourth-order valence-electron chi connectivity index (χ4n) is 3.89. The first kappa shape index (κ1) is 22.0. The molecule has 33 heavy (non-hydrogen) atoms. The van der Waals surface area contributed by atoms with Gasteiger partial charge in [-0.1, -0.05) is 47.5 Å². The third-order valence-corrected chi connectivity index (χ3v) is 5.79. The van der Waals surface area contributed by atoms with Crippen molar-refractivity contribution < 1.29 is 14.4 Å². The van der Waals surface area contributed by atoms with Crippen molar-refractivity contribution in [3.05, 3.63) is 101 Å². The molecule has 1 atom stereocenters. The first-order valence-electron chi connectivity index (χ1n) is 10.7. The average Bonchev–Trinajstić information content (AvgIpc) is 3.12. The molecule has 3 aromatic rings. The highest BCUT2D eigenvalue weighted by Crippen LogP contribution is 2.28. The van der Waals surface area contributed by atoms with Crippen LogP contribution >= 0.6 is 0 Å². The molecule has 1 fully saturated rings. The van der Waals surface area contributed by atoms with Crippen LogP contribution in [-0.2, 0) is 16.1 Å². The number of rotatable bonds is 5. The lowest BCUT2D eigenvalue weighted by molar-refractivity contribution is -0.122. The lowest BCUT2D eigenvalue weighted by Gasteiger charge is -2.28. The van der Waals surface area contributed by atoms with E-state index in [0.29, 0.717) is 16.8 Å². The summed E-state index contributed by atoms with van der Waals surface area (Å²) in [5, 5.41) is 9.01. The predicted molar refractivity (Wildman–Crippen MR) is 124 cm³/mol. The molecule has 0 radical (unpaired) electrons. The summed E-state index contributed by atoms with van der Waals surface area (Å²) in [6.07, 6.45) is -0.0949. The summed E-state index contributed by atoms with van der Waals surface area (Å²) in [6.45, 7) is 4.12. The molecule has 1 aliphatic rings. The number of anilines is 1. The van der Waals surface area contributed by atoms with Gasteiger partial charge in [-0.15, -0.1) is 0 Å². The second-order valence-electron chi connectivity index (χ2n) is 8.23. The zero-order valence-electron chi connectivity index (χ0n) is 18.5. The van der Waals surface area contributed by atoms with Gasteiger partial charge in [0.2, 0.25) is 5.91 Å². The number of imide groups is 1. The number of nitrogens with zero attached hydrogens (tertiary/aromatic N) is 3. The van der Waals surface area contributed by atoms with Crippen LogP contribution in [0.2, 0.25) is 0 Å². The molecule has 6 nitrogen and oxygen atoms in total. The maximum Gasteiger partial charge on any atom is 0.257 e. The molecule has 0 aromatic heterocycles. The van der Waals surface area contributed by atoms with Crippen LogP contribution in [-0.4, -0.2) is 28.7 Å². The third-order valence-electron chi connectivity index (χ3n) is 5.79. The number of hydrogen-bond donors (Lipinski definition) is 0. The Hall–Kier alpha value is -4.24. The van der Waals surface area contributed by atoms with Gasteiger partial charge in [0.05, 0.1) is 23.7 Å². The van der Waals surface area contributed by atoms with E-state index in [1.165, 1.54) is 4.90 Å². The second kappa shape index (κ2) is 9.09. The molecular weight excluding hydrogens is 414 g/mol. The molecule has 1 unspecified atom stereocenters. The van der Waals surface area contributed by atoms with E-state index in [0.717, 1.165) is 21.6 Å². The number of benzene rings is 3. The van der Waals surface area contributed by atoms with Crippen LogP contribution in [0.5, 0.6) is 0 Å². The van der Waals surface area contributed by atoms with Crippen molar-refractivity contribution in [3.8, 4) is 6.07 Å². The summed E-state index contributed by atoms with van der Waals surface area (Å²) in [5.74, 6) is -1.12. The summed E-state index contributed by atoms with van der Waals surface area (Å²) in [4.78, 5) is 42.3. The summed E-state index contributed by atoms with van der Waals surface area (Å²) in [6, 6.07) is 22.3. The highest BCUT2D eigenvalue weighted by Gasteiger charge is 2.44. The molecule has 0 bridgehead atoms. The van der Waals surface area contributed by atoms with Crippen molar-refractivity contribution in [1.29, 1.82) is 5.26 Å². The normalized spacial score (nSPS) is 15.4. The quantitative estimate of drug-likeness (QED) is 0.562. The molecular formula is C27H23N3O3. The summed E-state index contributed by atoms with van der Waals surface area (Å²) < 4.78 is 0. The van der Waals surface area contributed by atoms with Gasteiger partial charge in [-0.2, -0.15) is 5.26 Å². The summed E-state index contributed by atoms with van der Waals surface area (Å²) in [5.41, 5.74) is 4.28. The monoisotopic (exact) mass is 437 g/mol. The van der Waals surface area contributed by atoms with E-state index in [9.17, 15) is 14.4 Å². The van der Waals surface area contributed by atoms with Crippen molar-refractivity contribution in [3.63, 3.8) is 0 Å². The maximum atomic E-state index is 13.5. The number of hydrogen-bond acceptors (Lipinski definition) is 4. The van der Waals surface area contributed by atoms with Gasteiger partial charge in [0, 0.05) is 12.1 Å². The molecule has 3 aromatic carbocycles. The second-order valence-corrected chi connectivity index (χ2v) is 8.23. The Kier molecular flexibility index (Phi) is 6.05. The molecule has 0 spiro atoms. The van der Waals surface area contributed by atoms with Gasteiger partial charge in [-0.05, 0) is 55.8 Å². The molecule has 6 heteroatoms. The minimum atomic E-state index is -0.914. The molecule has 164 valence electrons. The van der Waals surface area contributed by atoms with Crippen molar-refractivity contribution in [2.75, 3.05) is 4.90 Å². The fraction of sp³-hybridized carbons (Fsp3) is 0.185. The molecule has 1 heterocycles. The zero-order valence-corrected chi connectivity index (χ0v) is 18.5. The van der Waals surface area contributed by atoms with Gasteiger partial charge < -0.3 is 4.90 Å². The number of nitriles is 1. The Morgan fingerprint density at radius 2 is 1.52 bits per heavy atom. The standard InChI is InChI=1S/C27H23N3O3/c1-18-3-7-21(8-4-18)17-29(26(32)22-11-5-19(2)6-12-22)24-15-25(31)30(27(24)33)23-13-9-20(16-28)10-14-23/h3-14,24H,15,17H2,1-2H3. The van der Waals surface area contributed by atoms with E-state index in [2.05, 4.69) is 0 Å². The first-order chi connectivity index (χ1) is 15.9. The largest absolute Gasteiger partial charge is 0.322 e. The van der Waals surface area contributed by atoms with Gasteiger partial charge in [-0.3, -0.25) is 14.4 Å². The Balaban J connectivity index is 1.68. The molecule has 1 saturated heterocycles. The molecule has 4 rings (SSSR count). The Morgan fingerprint density at radius 3 is 2.09 bits per heavy atom. The fourth-order valence-corrected chi connectivity index (χ4v) is 3.89. The highest BCUT2D eigenvalue weighted by atomic mass is 16.2. The van der Waals surface area contributed by atoms with E-state index in [1.54, 1.807) is 36.4 Å². The van der Waals surface area contributed by atoms with Crippen LogP contribution in [0.25, 0.3) is 0 Å². The number of amides is 3. The van der Waals surface area contributed by atoms with Gasteiger partial charge in [-0.25, -0.2) is 4.90 Å².